The fraction of sp³-hybridized carbons (Fsp3) is 0.526. The Labute approximate surface area is 158 Å². The summed E-state index contributed by atoms with van der Waals surface area (Å²) in [6.07, 6.45) is 2.13. The molecule has 1 aliphatic heterocycles. The second-order valence-electron chi connectivity index (χ2n) is 7.75. The Hall–Kier alpha value is -2.77. The monoisotopic (exact) mass is 374 g/mol. The number of aliphatic carboxylic acids is 1. The zero-order valence-corrected chi connectivity index (χ0v) is 16.0. The molecule has 8 nitrogen and oxygen atoms in total. The molecule has 146 valence electrons. The molecular formula is C19H26N4O4. The minimum atomic E-state index is -0.895. The van der Waals surface area contributed by atoms with E-state index < -0.39 is 11.6 Å². The number of carbonyl (C=O) groups excluding carboxylic acids is 1. The molecule has 3 rings (SSSR count). The maximum atomic E-state index is 12.3. The van der Waals surface area contributed by atoms with E-state index in [1.54, 1.807) is 15.8 Å². The fourth-order valence-corrected chi connectivity index (χ4v) is 3.21. The Kier molecular flexibility index (Phi) is 5.25. The normalized spacial score (nSPS) is 15.7. The number of fused-ring (bicyclic) bond motifs is 1. The first-order chi connectivity index (χ1) is 12.7. The number of carbonyl (C=O) groups is 2. The predicted molar refractivity (Wildman–Crippen MR) is 102 cm³/mol. The number of benzene rings is 1. The van der Waals surface area contributed by atoms with Gasteiger partial charge in [0.1, 0.15) is 12.1 Å². The van der Waals surface area contributed by atoms with Gasteiger partial charge in [0.15, 0.2) is 0 Å². The Morgan fingerprint density at radius 1 is 1.19 bits per heavy atom. The number of hydrogen-bond donors (Lipinski definition) is 1. The third-order valence-electron chi connectivity index (χ3n) is 4.42. The van der Waals surface area contributed by atoms with Crippen LogP contribution in [0.1, 0.15) is 27.2 Å². The molecule has 0 aliphatic carbocycles. The number of anilines is 1. The Bertz CT molecular complexity index is 840. The molecule has 1 N–H and O–H groups in total. The summed E-state index contributed by atoms with van der Waals surface area (Å²) in [6, 6.07) is 5.85. The highest BCUT2D eigenvalue weighted by atomic mass is 16.6. The molecule has 2 aromatic rings. The lowest BCUT2D eigenvalue weighted by Crippen LogP contribution is -2.39. The van der Waals surface area contributed by atoms with Gasteiger partial charge in [0.05, 0.1) is 17.4 Å². The minimum Gasteiger partial charge on any atom is -0.480 e. The van der Waals surface area contributed by atoms with Gasteiger partial charge in [-0.05, 0) is 45.4 Å². The number of amides is 1. The summed E-state index contributed by atoms with van der Waals surface area (Å²) in [4.78, 5) is 31.5. The van der Waals surface area contributed by atoms with Crippen LogP contribution in [0.4, 0.5) is 10.5 Å². The number of nitrogens with zero attached hydrogens (tertiary/aromatic N) is 4. The Balaban J connectivity index is 1.70. The van der Waals surface area contributed by atoms with Gasteiger partial charge < -0.3 is 24.2 Å². The summed E-state index contributed by atoms with van der Waals surface area (Å²) in [5.41, 5.74) is 2.09. The lowest BCUT2D eigenvalue weighted by molar-refractivity contribution is -0.137. The van der Waals surface area contributed by atoms with E-state index in [4.69, 9.17) is 9.84 Å². The van der Waals surface area contributed by atoms with E-state index in [0.29, 0.717) is 19.6 Å². The maximum Gasteiger partial charge on any atom is 0.410 e. The summed E-state index contributed by atoms with van der Waals surface area (Å²) >= 11 is 0. The lowest BCUT2D eigenvalue weighted by Gasteiger charge is -2.27. The minimum absolute atomic E-state index is 0.107. The van der Waals surface area contributed by atoms with Crippen LogP contribution in [0, 0.1) is 0 Å². The summed E-state index contributed by atoms with van der Waals surface area (Å²) in [5, 5.41) is 8.98. The lowest BCUT2D eigenvalue weighted by atomic mass is 10.2. The van der Waals surface area contributed by atoms with Crippen LogP contribution in [0.15, 0.2) is 24.5 Å². The van der Waals surface area contributed by atoms with Crippen molar-refractivity contribution < 1.29 is 19.4 Å². The molecule has 1 amide bonds. The van der Waals surface area contributed by atoms with Gasteiger partial charge in [-0.15, -0.1) is 0 Å². The van der Waals surface area contributed by atoms with Crippen molar-refractivity contribution in [3.8, 4) is 0 Å². The average Bonchev–Trinajstić information content (AvgIpc) is 2.79. The highest BCUT2D eigenvalue weighted by molar-refractivity contribution is 5.81. The van der Waals surface area contributed by atoms with Crippen molar-refractivity contribution in [3.05, 3.63) is 24.5 Å². The van der Waals surface area contributed by atoms with E-state index in [0.717, 1.165) is 29.7 Å². The number of imidazole rings is 1. The molecular weight excluding hydrogens is 348 g/mol. The second kappa shape index (κ2) is 7.46. The third-order valence-corrected chi connectivity index (χ3v) is 4.42. The summed E-state index contributed by atoms with van der Waals surface area (Å²) < 4.78 is 7.09. The largest absolute Gasteiger partial charge is 0.480 e. The van der Waals surface area contributed by atoms with Crippen LogP contribution in [-0.2, 0) is 16.1 Å². The van der Waals surface area contributed by atoms with Gasteiger partial charge in [-0.1, -0.05) is 0 Å². The van der Waals surface area contributed by atoms with Crippen molar-refractivity contribution in [2.75, 3.05) is 31.1 Å². The van der Waals surface area contributed by atoms with Gasteiger partial charge in [-0.3, -0.25) is 4.79 Å². The fourth-order valence-electron chi connectivity index (χ4n) is 3.21. The smallest absolute Gasteiger partial charge is 0.410 e. The molecule has 1 saturated heterocycles. The van der Waals surface area contributed by atoms with Gasteiger partial charge in [0.25, 0.3) is 0 Å². The van der Waals surface area contributed by atoms with E-state index in [9.17, 15) is 9.59 Å². The molecule has 0 radical (unpaired) electrons. The van der Waals surface area contributed by atoms with Crippen molar-refractivity contribution in [3.63, 3.8) is 0 Å². The first-order valence-corrected chi connectivity index (χ1v) is 9.12. The van der Waals surface area contributed by atoms with Crippen molar-refractivity contribution in [1.29, 1.82) is 0 Å². The van der Waals surface area contributed by atoms with Crippen LogP contribution in [0.25, 0.3) is 11.0 Å². The van der Waals surface area contributed by atoms with Crippen LogP contribution in [0.5, 0.6) is 0 Å². The Morgan fingerprint density at radius 3 is 2.67 bits per heavy atom. The summed E-state index contributed by atoms with van der Waals surface area (Å²) in [5.74, 6) is -0.895. The first-order valence-electron chi connectivity index (χ1n) is 9.12. The zero-order valence-electron chi connectivity index (χ0n) is 16.0. The Morgan fingerprint density at radius 2 is 1.96 bits per heavy atom. The van der Waals surface area contributed by atoms with Gasteiger partial charge >= 0.3 is 12.1 Å². The zero-order chi connectivity index (χ0) is 19.6. The van der Waals surface area contributed by atoms with Crippen LogP contribution >= 0.6 is 0 Å². The third kappa shape index (κ3) is 4.69. The summed E-state index contributed by atoms with van der Waals surface area (Å²) in [6.45, 7) is 8.31. The van der Waals surface area contributed by atoms with E-state index in [-0.39, 0.29) is 12.6 Å². The van der Waals surface area contributed by atoms with Crippen LogP contribution < -0.4 is 4.90 Å². The molecule has 0 saturated carbocycles. The number of carboxylic acid groups (broad SMARTS) is 1. The quantitative estimate of drug-likeness (QED) is 0.888. The van der Waals surface area contributed by atoms with E-state index in [1.165, 1.54) is 0 Å². The van der Waals surface area contributed by atoms with Gasteiger partial charge in [0.2, 0.25) is 0 Å². The molecule has 27 heavy (non-hydrogen) atoms. The van der Waals surface area contributed by atoms with E-state index in [1.807, 2.05) is 39.0 Å². The van der Waals surface area contributed by atoms with Crippen molar-refractivity contribution in [1.82, 2.24) is 14.5 Å². The van der Waals surface area contributed by atoms with Gasteiger partial charge in [-0.2, -0.15) is 0 Å². The number of ether oxygens (including phenoxy) is 1. The molecule has 0 unspecified atom stereocenters. The molecule has 2 heterocycles. The molecule has 0 bridgehead atoms. The molecule has 0 atom stereocenters. The van der Waals surface area contributed by atoms with Gasteiger partial charge in [0, 0.05) is 31.9 Å². The maximum absolute atomic E-state index is 12.3. The summed E-state index contributed by atoms with van der Waals surface area (Å²) in [7, 11) is 0. The van der Waals surface area contributed by atoms with Crippen LogP contribution in [-0.4, -0.2) is 63.4 Å². The predicted octanol–water partition coefficient (Wildman–Crippen LogP) is 2.57. The molecule has 1 aromatic carbocycles. The first kappa shape index (κ1) is 19.0. The van der Waals surface area contributed by atoms with Gasteiger partial charge in [-0.25, -0.2) is 9.78 Å². The van der Waals surface area contributed by atoms with E-state index >= 15 is 0 Å². The van der Waals surface area contributed by atoms with Crippen molar-refractivity contribution in [2.45, 2.75) is 39.3 Å². The molecule has 1 aliphatic rings. The SMILES string of the molecule is CC(C)(C)OC(=O)N1CCCN(c2ccc3c(c2)ncn3CC(=O)O)CC1. The number of aromatic nitrogens is 2. The highest BCUT2D eigenvalue weighted by Crippen LogP contribution is 2.23. The van der Waals surface area contributed by atoms with Crippen LogP contribution in [0.2, 0.25) is 0 Å². The van der Waals surface area contributed by atoms with E-state index in [2.05, 4.69) is 9.88 Å². The molecule has 1 aromatic heterocycles. The number of rotatable bonds is 3. The molecule has 0 spiro atoms. The standard InChI is InChI=1S/C19H26N4O4/c1-19(2,3)27-18(26)22-8-4-7-21(9-10-22)14-5-6-16-15(11-14)20-13-23(16)12-17(24)25/h5-6,11,13H,4,7-10,12H2,1-3H3,(H,24,25). The number of carboxylic acids is 1. The topological polar surface area (TPSA) is 87.9 Å². The molecule has 1 fully saturated rings. The average molecular weight is 374 g/mol. The molecule has 8 heteroatoms. The van der Waals surface area contributed by atoms with Crippen molar-refractivity contribution >= 4 is 28.8 Å². The number of hydrogen-bond acceptors (Lipinski definition) is 5. The highest BCUT2D eigenvalue weighted by Gasteiger charge is 2.24. The second-order valence-corrected chi connectivity index (χ2v) is 7.75. The van der Waals surface area contributed by atoms with Crippen molar-refractivity contribution in [2.24, 2.45) is 0 Å². The van der Waals surface area contributed by atoms with Crippen LogP contribution in [0.3, 0.4) is 0 Å².